The van der Waals surface area contributed by atoms with Gasteiger partial charge in [0.1, 0.15) is 12.4 Å². The summed E-state index contributed by atoms with van der Waals surface area (Å²) >= 11 is 0. The summed E-state index contributed by atoms with van der Waals surface area (Å²) in [6, 6.07) is 18.3. The van der Waals surface area contributed by atoms with E-state index >= 15 is 0 Å². The summed E-state index contributed by atoms with van der Waals surface area (Å²) in [5, 5.41) is 22.0. The highest BCUT2D eigenvalue weighted by Crippen LogP contribution is 2.25. The Morgan fingerprint density at radius 1 is 0.837 bits per heavy atom. The van der Waals surface area contributed by atoms with Crippen LogP contribution in [0.4, 0.5) is 11.4 Å². The Kier molecular flexibility index (Phi) is 12.2. The van der Waals surface area contributed by atoms with Gasteiger partial charge in [0.15, 0.2) is 5.78 Å². The number of benzene rings is 3. The minimum absolute atomic E-state index is 0. The maximum Gasteiger partial charge on any atom is 0.269 e. The third kappa shape index (κ3) is 9.04. The standard InChI is InChI=1S/C30H28N4O7.ClH.H2O/c1-31(2)15-16-41-28-13-7-23(8-14-28)30(36)32-19-24(17-21-3-9-26(10-4-21)33(37)38)29(35)25(20-32)18-22-5-11-27(12-6-22)34(39)40;;/h3-14,17-18H,15-16,19-20H2,1-2H3;1H;1H2/b24-17-,25-18+;;. The summed E-state index contributed by atoms with van der Waals surface area (Å²) in [6.07, 6.45) is 3.22. The molecular weight excluding hydrogens is 580 g/mol. The first-order chi connectivity index (χ1) is 19.6. The highest BCUT2D eigenvalue weighted by molar-refractivity contribution is 6.16. The lowest BCUT2D eigenvalue weighted by Gasteiger charge is -2.30. The van der Waals surface area contributed by atoms with Crippen molar-refractivity contribution in [3.05, 3.63) is 121 Å². The molecule has 1 fully saturated rings. The molecule has 3 aromatic rings. The molecule has 0 aliphatic carbocycles. The van der Waals surface area contributed by atoms with Gasteiger partial charge in [-0.05, 0) is 85.9 Å². The molecule has 0 bridgehead atoms. The van der Waals surface area contributed by atoms with Gasteiger partial charge in [0.2, 0.25) is 0 Å². The molecule has 12 nitrogen and oxygen atoms in total. The van der Waals surface area contributed by atoms with Gasteiger partial charge in [0.05, 0.1) is 22.9 Å². The van der Waals surface area contributed by atoms with Crippen molar-refractivity contribution in [2.45, 2.75) is 0 Å². The van der Waals surface area contributed by atoms with Crippen LogP contribution >= 0.6 is 12.4 Å². The summed E-state index contributed by atoms with van der Waals surface area (Å²) in [4.78, 5) is 51.6. The van der Waals surface area contributed by atoms with Gasteiger partial charge in [-0.15, -0.1) is 12.4 Å². The van der Waals surface area contributed by atoms with Crippen LogP contribution in [-0.2, 0) is 4.79 Å². The number of nitro benzene ring substituents is 2. The van der Waals surface area contributed by atoms with Gasteiger partial charge in [0.25, 0.3) is 17.3 Å². The zero-order valence-electron chi connectivity index (χ0n) is 23.5. The molecule has 1 aliphatic rings. The average Bonchev–Trinajstić information content (AvgIpc) is 2.95. The van der Waals surface area contributed by atoms with Crippen molar-refractivity contribution < 1.29 is 29.6 Å². The number of carbonyl (C=O) groups is 2. The van der Waals surface area contributed by atoms with Crippen LogP contribution in [0.3, 0.4) is 0 Å². The Bertz CT molecular complexity index is 1440. The smallest absolute Gasteiger partial charge is 0.269 e. The molecule has 2 N–H and O–H groups in total. The van der Waals surface area contributed by atoms with Crippen molar-refractivity contribution in [3.8, 4) is 5.75 Å². The third-order valence-electron chi connectivity index (χ3n) is 6.39. The van der Waals surface area contributed by atoms with E-state index in [2.05, 4.69) is 0 Å². The summed E-state index contributed by atoms with van der Waals surface area (Å²) < 4.78 is 5.71. The zero-order chi connectivity index (χ0) is 29.5. The number of ketones is 1. The summed E-state index contributed by atoms with van der Waals surface area (Å²) in [5.41, 5.74) is 2.07. The van der Waals surface area contributed by atoms with Crippen LogP contribution in [0.15, 0.2) is 83.9 Å². The second kappa shape index (κ2) is 15.4. The molecule has 3 aromatic carbocycles. The summed E-state index contributed by atoms with van der Waals surface area (Å²) in [7, 11) is 3.90. The predicted molar refractivity (Wildman–Crippen MR) is 164 cm³/mol. The lowest BCUT2D eigenvalue weighted by atomic mass is 9.93. The molecule has 1 heterocycles. The van der Waals surface area contributed by atoms with Crippen molar-refractivity contribution in [3.63, 3.8) is 0 Å². The first kappa shape index (κ1) is 34.3. The zero-order valence-corrected chi connectivity index (χ0v) is 24.3. The van der Waals surface area contributed by atoms with Crippen LogP contribution in [0.2, 0.25) is 0 Å². The predicted octanol–water partition coefficient (Wildman–Crippen LogP) is 4.23. The van der Waals surface area contributed by atoms with Crippen molar-refractivity contribution in [1.82, 2.24) is 9.80 Å². The quantitative estimate of drug-likeness (QED) is 0.197. The maximum atomic E-state index is 13.5. The van der Waals surface area contributed by atoms with Crippen molar-refractivity contribution in [1.29, 1.82) is 0 Å². The molecule has 1 aliphatic heterocycles. The van der Waals surface area contributed by atoms with Gasteiger partial charge < -0.3 is 20.0 Å². The van der Waals surface area contributed by atoms with Crippen molar-refractivity contribution in [2.75, 3.05) is 40.3 Å². The number of likely N-dealkylation sites (tertiary alicyclic amines) is 1. The average molecular weight is 611 g/mol. The molecule has 0 spiro atoms. The van der Waals surface area contributed by atoms with Gasteiger partial charge in [-0.3, -0.25) is 29.8 Å². The van der Waals surface area contributed by atoms with Crippen molar-refractivity contribution in [2.24, 2.45) is 0 Å². The third-order valence-corrected chi connectivity index (χ3v) is 6.39. The Balaban J connectivity index is 0.00000323. The first-order valence-electron chi connectivity index (χ1n) is 12.7. The number of ether oxygens (including phenoxy) is 1. The number of rotatable bonds is 9. The van der Waals surface area contributed by atoms with Crippen LogP contribution in [0.25, 0.3) is 12.2 Å². The number of non-ortho nitro benzene ring substituents is 2. The number of hydrogen-bond donors (Lipinski definition) is 0. The summed E-state index contributed by atoms with van der Waals surface area (Å²) in [5.74, 6) is 0.0617. The Hall–Kier alpha value is -4.91. The molecule has 0 radical (unpaired) electrons. The lowest BCUT2D eigenvalue weighted by Crippen LogP contribution is -2.41. The van der Waals surface area contributed by atoms with Gasteiger partial charge in [0, 0.05) is 47.5 Å². The lowest BCUT2D eigenvalue weighted by molar-refractivity contribution is -0.385. The van der Waals surface area contributed by atoms with E-state index in [4.69, 9.17) is 4.74 Å². The number of carbonyl (C=O) groups excluding carboxylic acids is 2. The first-order valence-corrected chi connectivity index (χ1v) is 12.7. The minimum Gasteiger partial charge on any atom is -0.492 e. The largest absolute Gasteiger partial charge is 0.492 e. The Morgan fingerprint density at radius 2 is 1.28 bits per heavy atom. The van der Waals surface area contributed by atoms with Crippen LogP contribution in [0, 0.1) is 20.2 Å². The van der Waals surface area contributed by atoms with Crippen LogP contribution in [-0.4, -0.2) is 77.1 Å². The second-order valence-electron chi connectivity index (χ2n) is 9.70. The number of amides is 1. The number of Topliss-reactive ketones (excluding diaryl/α,β-unsaturated/α-hetero) is 1. The van der Waals surface area contributed by atoms with E-state index in [-0.39, 0.29) is 54.0 Å². The molecule has 13 heteroatoms. The van der Waals surface area contributed by atoms with Crippen LogP contribution in [0.5, 0.6) is 5.75 Å². The van der Waals surface area contributed by atoms with E-state index in [1.807, 2.05) is 19.0 Å². The van der Waals surface area contributed by atoms with E-state index in [0.717, 1.165) is 6.54 Å². The number of hydrogen-bond acceptors (Lipinski definition) is 8. The van der Waals surface area contributed by atoms with Crippen LogP contribution < -0.4 is 4.74 Å². The molecule has 0 saturated carbocycles. The molecular formula is C30H31ClN4O8. The monoisotopic (exact) mass is 610 g/mol. The van der Waals surface area contributed by atoms with Gasteiger partial charge in [-0.1, -0.05) is 0 Å². The van der Waals surface area contributed by atoms with Gasteiger partial charge in [-0.25, -0.2) is 0 Å². The number of likely N-dealkylation sites (N-methyl/N-ethyl adjacent to an activating group) is 1. The molecule has 43 heavy (non-hydrogen) atoms. The van der Waals surface area contributed by atoms with E-state index < -0.39 is 9.85 Å². The van der Waals surface area contributed by atoms with Gasteiger partial charge >= 0.3 is 0 Å². The fourth-order valence-electron chi connectivity index (χ4n) is 4.19. The fourth-order valence-corrected chi connectivity index (χ4v) is 4.19. The SMILES string of the molecule is CN(C)CCOc1ccc(C(=O)N2C/C(=C/c3ccc([N+](=O)[O-])cc3)C(=O)/C(=C/c3ccc([N+](=O)[O-])cc3)C2)cc1.Cl.O. The molecule has 226 valence electrons. The normalized spacial score (nSPS) is 14.7. The Labute approximate surface area is 253 Å². The molecule has 0 atom stereocenters. The molecule has 1 amide bonds. The molecule has 0 unspecified atom stereocenters. The highest BCUT2D eigenvalue weighted by Gasteiger charge is 2.30. The van der Waals surface area contributed by atoms with Crippen molar-refractivity contribution >= 4 is 47.6 Å². The molecule has 1 saturated heterocycles. The van der Waals surface area contributed by atoms with E-state index in [1.54, 1.807) is 36.4 Å². The fraction of sp³-hybridized carbons (Fsp3) is 0.200. The van der Waals surface area contributed by atoms with E-state index in [9.17, 15) is 29.8 Å². The number of halogens is 1. The minimum atomic E-state index is -0.507. The van der Waals surface area contributed by atoms with E-state index in [0.29, 0.717) is 40.2 Å². The second-order valence-corrected chi connectivity index (χ2v) is 9.70. The number of nitro groups is 2. The molecule has 4 rings (SSSR count). The highest BCUT2D eigenvalue weighted by atomic mass is 35.5. The van der Waals surface area contributed by atoms with Gasteiger partial charge in [-0.2, -0.15) is 0 Å². The number of piperidine rings is 1. The Morgan fingerprint density at radius 3 is 1.67 bits per heavy atom. The maximum absolute atomic E-state index is 13.5. The summed E-state index contributed by atoms with van der Waals surface area (Å²) in [6.45, 7) is 1.32. The van der Waals surface area contributed by atoms with Crippen LogP contribution in [0.1, 0.15) is 21.5 Å². The number of nitrogens with zero attached hydrogens (tertiary/aromatic N) is 4. The topological polar surface area (TPSA) is 168 Å². The van der Waals surface area contributed by atoms with E-state index in [1.165, 1.54) is 53.4 Å². The molecule has 0 aromatic heterocycles.